The third-order valence-corrected chi connectivity index (χ3v) is 8.39. The Balaban J connectivity index is 1.49. The highest BCUT2D eigenvalue weighted by atomic mass is 32.2. The van der Waals surface area contributed by atoms with E-state index in [9.17, 15) is 19.5 Å². The van der Waals surface area contributed by atoms with E-state index in [0.717, 1.165) is 24.2 Å². The van der Waals surface area contributed by atoms with Crippen LogP contribution in [0.15, 0.2) is 34.0 Å². The van der Waals surface area contributed by atoms with E-state index in [4.69, 9.17) is 16.3 Å². The monoisotopic (exact) mass is 524 g/mol. The van der Waals surface area contributed by atoms with E-state index in [0.29, 0.717) is 29.4 Å². The first-order chi connectivity index (χ1) is 16.4. The van der Waals surface area contributed by atoms with E-state index in [2.05, 4.69) is 15.5 Å². The Morgan fingerprint density at radius 2 is 2.26 bits per heavy atom. The standard InChI is InChI=1S/C20H24N6O5S3/c21-5-6-32-7-10-8-33-18-14(17(28)26(18)15(10)19(29)30)24-16(27)13(12-9-34-20(22)23-12)25-31-11-3-1-2-4-11/h1,3,9,11,14,18H,2,4-8,21H2,(H2,22,23)(H,24,27)(H,29,30)/b25-13-/t11?,14?,18-/m1/s1. The van der Waals surface area contributed by atoms with Crippen LogP contribution in [-0.4, -0.2) is 79.8 Å². The summed E-state index contributed by atoms with van der Waals surface area (Å²) in [6.07, 6.45) is 5.21. The molecule has 0 saturated carbocycles. The van der Waals surface area contributed by atoms with E-state index in [-0.39, 0.29) is 28.3 Å². The van der Waals surface area contributed by atoms with Crippen LogP contribution in [0.4, 0.5) is 5.13 Å². The van der Waals surface area contributed by atoms with Crippen LogP contribution in [0.1, 0.15) is 18.5 Å². The lowest BCUT2D eigenvalue weighted by Crippen LogP contribution is -2.71. The molecule has 1 aliphatic carbocycles. The number of rotatable bonds is 10. The van der Waals surface area contributed by atoms with Gasteiger partial charge < -0.3 is 26.7 Å². The predicted octanol–water partition coefficient (Wildman–Crippen LogP) is 0.595. The number of β-lactam (4-membered cyclic amide) rings is 1. The number of nitrogens with zero attached hydrogens (tertiary/aromatic N) is 3. The molecule has 1 aromatic heterocycles. The summed E-state index contributed by atoms with van der Waals surface area (Å²) in [6, 6.07) is -0.891. The van der Waals surface area contributed by atoms with Crippen LogP contribution < -0.4 is 16.8 Å². The number of aromatic nitrogens is 1. The average molecular weight is 525 g/mol. The zero-order chi connectivity index (χ0) is 24.2. The molecule has 182 valence electrons. The number of oxime groups is 1. The van der Waals surface area contributed by atoms with Crippen molar-refractivity contribution in [2.45, 2.75) is 30.4 Å². The van der Waals surface area contributed by atoms with Crippen molar-refractivity contribution in [2.24, 2.45) is 10.9 Å². The smallest absolute Gasteiger partial charge is 0.352 e. The molecular weight excluding hydrogens is 500 g/mol. The lowest BCUT2D eigenvalue weighted by molar-refractivity contribution is -0.150. The first-order valence-corrected chi connectivity index (χ1v) is 13.6. The second-order valence-corrected chi connectivity index (χ2v) is 10.7. The number of aliphatic carboxylic acids is 1. The van der Waals surface area contributed by atoms with Gasteiger partial charge in [0.15, 0.2) is 10.8 Å². The van der Waals surface area contributed by atoms with E-state index in [1.54, 1.807) is 5.38 Å². The first-order valence-electron chi connectivity index (χ1n) is 10.5. The predicted molar refractivity (Wildman–Crippen MR) is 132 cm³/mol. The van der Waals surface area contributed by atoms with Gasteiger partial charge in [0.05, 0.1) is 0 Å². The number of carboxylic acids is 1. The van der Waals surface area contributed by atoms with E-state index in [1.165, 1.54) is 28.4 Å². The maximum atomic E-state index is 13.1. The lowest BCUT2D eigenvalue weighted by Gasteiger charge is -2.49. The zero-order valence-corrected chi connectivity index (χ0v) is 20.5. The number of carbonyl (C=O) groups is 3. The van der Waals surface area contributed by atoms with Crippen LogP contribution in [0.5, 0.6) is 0 Å². The topological polar surface area (TPSA) is 173 Å². The molecule has 1 saturated heterocycles. The fourth-order valence-corrected chi connectivity index (χ4v) is 6.52. The van der Waals surface area contributed by atoms with Crippen molar-refractivity contribution in [3.05, 3.63) is 34.5 Å². The molecule has 3 atom stereocenters. The number of thiazole rings is 1. The molecule has 6 N–H and O–H groups in total. The van der Waals surface area contributed by atoms with Crippen LogP contribution in [0.25, 0.3) is 0 Å². The minimum absolute atomic E-state index is 0.0127. The molecule has 34 heavy (non-hydrogen) atoms. The number of thioether (sulfide) groups is 2. The summed E-state index contributed by atoms with van der Waals surface area (Å²) in [5.41, 5.74) is 12.0. The van der Waals surface area contributed by atoms with Gasteiger partial charge >= 0.3 is 5.97 Å². The molecule has 0 aromatic carbocycles. The Bertz CT molecular complexity index is 1070. The largest absolute Gasteiger partial charge is 0.477 e. The molecule has 11 nitrogen and oxygen atoms in total. The maximum absolute atomic E-state index is 13.1. The van der Waals surface area contributed by atoms with Gasteiger partial charge in [-0.15, -0.1) is 23.1 Å². The fourth-order valence-electron chi connectivity index (χ4n) is 3.70. The second kappa shape index (κ2) is 10.8. The highest BCUT2D eigenvalue weighted by Crippen LogP contribution is 2.41. The molecule has 2 unspecified atom stereocenters. The minimum Gasteiger partial charge on any atom is -0.477 e. The second-order valence-electron chi connectivity index (χ2n) is 7.62. The lowest BCUT2D eigenvalue weighted by atomic mass is 10.0. The van der Waals surface area contributed by atoms with Gasteiger partial charge in [0.25, 0.3) is 11.8 Å². The Labute approximate surface area is 208 Å². The summed E-state index contributed by atoms with van der Waals surface area (Å²) in [6.45, 7) is 0.488. The van der Waals surface area contributed by atoms with Crippen LogP contribution >= 0.6 is 34.9 Å². The van der Waals surface area contributed by atoms with Crippen molar-refractivity contribution in [2.75, 3.05) is 29.5 Å². The third kappa shape index (κ3) is 5.09. The summed E-state index contributed by atoms with van der Waals surface area (Å²) >= 11 is 4.09. The van der Waals surface area contributed by atoms with Crippen molar-refractivity contribution >= 4 is 63.5 Å². The van der Waals surface area contributed by atoms with Crippen LogP contribution in [0, 0.1) is 0 Å². The fraction of sp³-hybridized carbons (Fsp3) is 0.450. The summed E-state index contributed by atoms with van der Waals surface area (Å²) in [5.74, 6) is -0.671. The number of carbonyl (C=O) groups excluding carboxylic acids is 2. The van der Waals surface area contributed by atoms with Gasteiger partial charge in [-0.1, -0.05) is 11.2 Å². The number of carboxylic acid groups (broad SMARTS) is 1. The van der Waals surface area contributed by atoms with Gasteiger partial charge in [0.1, 0.15) is 28.9 Å². The molecule has 0 radical (unpaired) electrons. The van der Waals surface area contributed by atoms with Crippen molar-refractivity contribution in [3.63, 3.8) is 0 Å². The quantitative estimate of drug-likeness (QED) is 0.112. The van der Waals surface area contributed by atoms with Crippen LogP contribution in [0.2, 0.25) is 0 Å². The summed E-state index contributed by atoms with van der Waals surface area (Å²) in [5, 5.41) is 17.8. The summed E-state index contributed by atoms with van der Waals surface area (Å²) < 4.78 is 0. The molecule has 0 spiro atoms. The van der Waals surface area contributed by atoms with Crippen LogP contribution in [0.3, 0.4) is 0 Å². The van der Waals surface area contributed by atoms with E-state index < -0.39 is 29.2 Å². The van der Waals surface area contributed by atoms with Crippen molar-refractivity contribution in [1.29, 1.82) is 0 Å². The number of amides is 2. The number of fused-ring (bicyclic) bond motifs is 1. The summed E-state index contributed by atoms with van der Waals surface area (Å²) in [4.78, 5) is 48.8. The van der Waals surface area contributed by atoms with Crippen LogP contribution in [-0.2, 0) is 19.2 Å². The minimum atomic E-state index is -1.16. The molecular formula is C20H24N6O5S3. The Morgan fingerprint density at radius 3 is 2.91 bits per heavy atom. The highest BCUT2D eigenvalue weighted by molar-refractivity contribution is 8.01. The maximum Gasteiger partial charge on any atom is 0.352 e. The molecule has 2 aliphatic heterocycles. The number of nitrogens with one attached hydrogen (secondary N) is 1. The number of nitrogen functional groups attached to an aromatic ring is 1. The van der Waals surface area contributed by atoms with Gasteiger partial charge in [-0.2, -0.15) is 11.8 Å². The molecule has 2 amide bonds. The molecule has 1 fully saturated rings. The Morgan fingerprint density at radius 1 is 1.44 bits per heavy atom. The first kappa shape index (κ1) is 24.6. The van der Waals surface area contributed by atoms with Crippen molar-refractivity contribution < 1.29 is 24.3 Å². The van der Waals surface area contributed by atoms with Gasteiger partial charge in [0.2, 0.25) is 0 Å². The third-order valence-electron chi connectivity index (χ3n) is 5.30. The SMILES string of the molecule is NCCSCC1=C(C(=O)O)N2C(=O)C(NC(=O)/C(=N\OC3C=CCC3)c3csc(N)n3)[C@H]2SC1. The van der Waals surface area contributed by atoms with E-state index >= 15 is 0 Å². The Hall–Kier alpha value is -2.55. The number of hydrogen-bond acceptors (Lipinski definition) is 11. The van der Waals surface area contributed by atoms with Gasteiger partial charge in [-0.25, -0.2) is 9.78 Å². The van der Waals surface area contributed by atoms with Gasteiger partial charge in [-0.3, -0.25) is 14.5 Å². The molecule has 4 rings (SSSR count). The molecule has 0 bridgehead atoms. The molecule has 14 heteroatoms. The summed E-state index contributed by atoms with van der Waals surface area (Å²) in [7, 11) is 0. The highest BCUT2D eigenvalue weighted by Gasteiger charge is 2.54. The zero-order valence-electron chi connectivity index (χ0n) is 18.0. The normalized spacial score (nSPS) is 24.1. The number of nitrogens with two attached hydrogens (primary N) is 2. The van der Waals surface area contributed by atoms with Gasteiger partial charge in [0, 0.05) is 29.2 Å². The number of hydrogen-bond donors (Lipinski definition) is 4. The van der Waals surface area contributed by atoms with Crippen molar-refractivity contribution in [3.8, 4) is 0 Å². The number of allylic oxidation sites excluding steroid dienone is 1. The molecule has 1 aromatic rings. The van der Waals surface area contributed by atoms with Crippen molar-refractivity contribution in [1.82, 2.24) is 15.2 Å². The average Bonchev–Trinajstić information content (AvgIpc) is 3.49. The van der Waals surface area contributed by atoms with Gasteiger partial charge in [-0.05, 0) is 24.5 Å². The molecule has 3 heterocycles. The number of anilines is 1. The Kier molecular flexibility index (Phi) is 7.80. The van der Waals surface area contributed by atoms with E-state index in [1.807, 2.05) is 12.2 Å². The molecule has 3 aliphatic rings.